The summed E-state index contributed by atoms with van der Waals surface area (Å²) >= 11 is 6.04. The van der Waals surface area contributed by atoms with E-state index in [1.54, 1.807) is 13.0 Å². The van der Waals surface area contributed by atoms with Crippen molar-refractivity contribution in [1.29, 1.82) is 0 Å². The van der Waals surface area contributed by atoms with Crippen LogP contribution in [0.25, 0.3) is 10.8 Å². The Balaban J connectivity index is 2.37. The summed E-state index contributed by atoms with van der Waals surface area (Å²) in [4.78, 5) is 15.9. The van der Waals surface area contributed by atoms with Gasteiger partial charge in [-0.1, -0.05) is 35.9 Å². The molecule has 0 spiro atoms. The molecule has 94 valence electrons. The molecule has 0 saturated carbocycles. The molecule has 5 heteroatoms. The fourth-order valence-electron chi connectivity index (χ4n) is 1.62. The number of rotatable bonds is 3. The number of hydrogen-bond donors (Lipinski definition) is 2. The highest BCUT2D eigenvalue weighted by atomic mass is 35.5. The second-order valence-corrected chi connectivity index (χ2v) is 4.43. The number of carbonyl (C=O) groups is 1. The standard InChI is InChI=1S/C13H13ClN2O2/c1-8(7-17)15-13(18)11-6-9-4-2-3-5-10(9)12(14)16-11/h2-6,8,17H,7H2,1H3,(H,15,18)/t8-/m1/s1. The minimum absolute atomic E-state index is 0.118. The fraction of sp³-hybridized carbons (Fsp3) is 0.231. The van der Waals surface area contributed by atoms with Crippen LogP contribution in [0.15, 0.2) is 30.3 Å². The summed E-state index contributed by atoms with van der Waals surface area (Å²) in [7, 11) is 0. The van der Waals surface area contributed by atoms with Crippen LogP contribution in [0, 0.1) is 0 Å². The first kappa shape index (κ1) is 12.8. The first-order chi connectivity index (χ1) is 8.61. The van der Waals surface area contributed by atoms with Gasteiger partial charge in [-0.3, -0.25) is 4.79 Å². The van der Waals surface area contributed by atoms with E-state index in [0.717, 1.165) is 10.8 Å². The molecule has 2 rings (SSSR count). The van der Waals surface area contributed by atoms with Crippen LogP contribution in [0.2, 0.25) is 5.15 Å². The molecule has 18 heavy (non-hydrogen) atoms. The Kier molecular flexibility index (Phi) is 3.79. The predicted molar refractivity (Wildman–Crippen MR) is 70.8 cm³/mol. The van der Waals surface area contributed by atoms with Gasteiger partial charge >= 0.3 is 0 Å². The van der Waals surface area contributed by atoms with Gasteiger partial charge < -0.3 is 10.4 Å². The number of aliphatic hydroxyl groups excluding tert-OH is 1. The fourth-order valence-corrected chi connectivity index (χ4v) is 1.88. The summed E-state index contributed by atoms with van der Waals surface area (Å²) in [6, 6.07) is 8.82. The smallest absolute Gasteiger partial charge is 0.270 e. The van der Waals surface area contributed by atoms with Gasteiger partial charge in [-0.2, -0.15) is 0 Å². The number of halogens is 1. The molecule has 0 aliphatic rings. The van der Waals surface area contributed by atoms with Gasteiger partial charge in [0.05, 0.1) is 6.61 Å². The third kappa shape index (κ3) is 2.60. The number of benzene rings is 1. The normalized spacial score (nSPS) is 12.4. The van der Waals surface area contributed by atoms with Crippen molar-refractivity contribution < 1.29 is 9.90 Å². The van der Waals surface area contributed by atoms with E-state index in [9.17, 15) is 4.79 Å². The SMILES string of the molecule is C[C@H](CO)NC(=O)c1cc2ccccc2c(Cl)n1. The number of nitrogens with one attached hydrogen (secondary N) is 1. The first-order valence-corrected chi connectivity index (χ1v) is 5.96. The molecule has 4 nitrogen and oxygen atoms in total. The van der Waals surface area contributed by atoms with Gasteiger partial charge in [0.2, 0.25) is 0 Å². The molecule has 2 N–H and O–H groups in total. The minimum atomic E-state index is -0.343. The van der Waals surface area contributed by atoms with Crippen LogP contribution in [0.4, 0.5) is 0 Å². The van der Waals surface area contributed by atoms with Crippen molar-refractivity contribution in [3.63, 3.8) is 0 Å². The average Bonchev–Trinajstić information content (AvgIpc) is 2.38. The first-order valence-electron chi connectivity index (χ1n) is 5.59. The molecule has 1 aromatic carbocycles. The van der Waals surface area contributed by atoms with Crippen LogP contribution in [0.1, 0.15) is 17.4 Å². The Hall–Kier alpha value is -1.65. The summed E-state index contributed by atoms with van der Waals surface area (Å²) < 4.78 is 0. The molecule has 0 unspecified atom stereocenters. The zero-order valence-corrected chi connectivity index (χ0v) is 10.6. The van der Waals surface area contributed by atoms with E-state index in [-0.39, 0.29) is 24.2 Å². The molecule has 0 bridgehead atoms. The molecule has 0 radical (unpaired) electrons. The van der Waals surface area contributed by atoms with Crippen LogP contribution < -0.4 is 5.32 Å². The lowest BCUT2D eigenvalue weighted by Gasteiger charge is -2.11. The van der Waals surface area contributed by atoms with Crippen molar-refractivity contribution in [3.8, 4) is 0 Å². The van der Waals surface area contributed by atoms with E-state index in [2.05, 4.69) is 10.3 Å². The highest BCUT2D eigenvalue weighted by molar-refractivity contribution is 6.34. The Labute approximate surface area is 110 Å². The van der Waals surface area contributed by atoms with Crippen LogP contribution in [0.3, 0.4) is 0 Å². The van der Waals surface area contributed by atoms with Crippen molar-refractivity contribution in [1.82, 2.24) is 10.3 Å². The van der Waals surface area contributed by atoms with Gasteiger partial charge in [-0.05, 0) is 18.4 Å². The van der Waals surface area contributed by atoms with Crippen LogP contribution in [0.5, 0.6) is 0 Å². The lowest BCUT2D eigenvalue weighted by molar-refractivity contribution is 0.0917. The number of fused-ring (bicyclic) bond motifs is 1. The van der Waals surface area contributed by atoms with Gasteiger partial charge in [0.15, 0.2) is 0 Å². The van der Waals surface area contributed by atoms with Crippen molar-refractivity contribution in [2.24, 2.45) is 0 Å². The Morgan fingerprint density at radius 2 is 2.22 bits per heavy atom. The Morgan fingerprint density at radius 3 is 2.94 bits per heavy atom. The maximum Gasteiger partial charge on any atom is 0.270 e. The van der Waals surface area contributed by atoms with E-state index in [4.69, 9.17) is 16.7 Å². The summed E-state index contributed by atoms with van der Waals surface area (Å²) in [6.45, 7) is 1.59. The maximum absolute atomic E-state index is 11.9. The summed E-state index contributed by atoms with van der Waals surface area (Å²) in [5.74, 6) is -0.343. The number of hydrogen-bond acceptors (Lipinski definition) is 3. The van der Waals surface area contributed by atoms with Gasteiger partial charge in [0.1, 0.15) is 10.8 Å². The van der Waals surface area contributed by atoms with E-state index in [1.165, 1.54) is 0 Å². The number of carbonyl (C=O) groups excluding carboxylic acids is 1. The van der Waals surface area contributed by atoms with Gasteiger partial charge in [-0.15, -0.1) is 0 Å². The predicted octanol–water partition coefficient (Wildman–Crippen LogP) is 2.00. The number of nitrogens with zero attached hydrogens (tertiary/aromatic N) is 1. The van der Waals surface area contributed by atoms with E-state index in [1.807, 2.05) is 24.3 Å². The average molecular weight is 265 g/mol. The number of pyridine rings is 1. The van der Waals surface area contributed by atoms with Crippen molar-refractivity contribution >= 4 is 28.3 Å². The zero-order valence-electron chi connectivity index (χ0n) is 9.85. The Morgan fingerprint density at radius 1 is 1.50 bits per heavy atom. The molecule has 0 aliphatic heterocycles. The third-order valence-electron chi connectivity index (χ3n) is 2.58. The highest BCUT2D eigenvalue weighted by Gasteiger charge is 2.12. The maximum atomic E-state index is 11.9. The summed E-state index contributed by atoms with van der Waals surface area (Å²) in [6.07, 6.45) is 0. The van der Waals surface area contributed by atoms with Gasteiger partial charge in [0, 0.05) is 11.4 Å². The lowest BCUT2D eigenvalue weighted by atomic mass is 10.1. The van der Waals surface area contributed by atoms with Crippen LogP contribution in [-0.2, 0) is 0 Å². The molecule has 1 aromatic heterocycles. The largest absolute Gasteiger partial charge is 0.394 e. The lowest BCUT2D eigenvalue weighted by Crippen LogP contribution is -2.35. The topological polar surface area (TPSA) is 62.2 Å². The van der Waals surface area contributed by atoms with Gasteiger partial charge in [-0.25, -0.2) is 4.98 Å². The quantitative estimate of drug-likeness (QED) is 0.834. The second-order valence-electron chi connectivity index (χ2n) is 4.08. The highest BCUT2D eigenvalue weighted by Crippen LogP contribution is 2.22. The molecule has 0 aliphatic carbocycles. The molecule has 0 saturated heterocycles. The molecule has 2 aromatic rings. The molecular weight excluding hydrogens is 252 g/mol. The molecule has 1 amide bonds. The van der Waals surface area contributed by atoms with Gasteiger partial charge in [0.25, 0.3) is 5.91 Å². The number of amides is 1. The molecule has 1 atom stereocenters. The zero-order chi connectivity index (χ0) is 13.1. The van der Waals surface area contributed by atoms with Crippen LogP contribution in [-0.4, -0.2) is 28.6 Å². The van der Waals surface area contributed by atoms with E-state index >= 15 is 0 Å². The monoisotopic (exact) mass is 264 g/mol. The Bertz CT molecular complexity index is 586. The summed E-state index contributed by atoms with van der Waals surface area (Å²) in [5.41, 5.74) is 0.249. The van der Waals surface area contributed by atoms with E-state index < -0.39 is 0 Å². The van der Waals surface area contributed by atoms with E-state index in [0.29, 0.717) is 5.15 Å². The minimum Gasteiger partial charge on any atom is -0.394 e. The van der Waals surface area contributed by atoms with Crippen molar-refractivity contribution in [2.75, 3.05) is 6.61 Å². The number of aromatic nitrogens is 1. The van der Waals surface area contributed by atoms with Crippen molar-refractivity contribution in [3.05, 3.63) is 41.2 Å². The van der Waals surface area contributed by atoms with Crippen LogP contribution >= 0.6 is 11.6 Å². The number of aliphatic hydroxyl groups is 1. The molecular formula is C13H13ClN2O2. The third-order valence-corrected chi connectivity index (χ3v) is 2.87. The van der Waals surface area contributed by atoms with Crippen molar-refractivity contribution in [2.45, 2.75) is 13.0 Å². The summed E-state index contributed by atoms with van der Waals surface area (Å²) in [5, 5.41) is 13.5. The molecule has 0 fully saturated rings. The molecule has 1 heterocycles. The second kappa shape index (κ2) is 5.33.